The van der Waals surface area contributed by atoms with Crippen molar-refractivity contribution < 1.29 is 28.8 Å². The second kappa shape index (κ2) is 12.4. The van der Waals surface area contributed by atoms with Gasteiger partial charge in [-0.1, -0.05) is 41.9 Å². The second-order valence-corrected chi connectivity index (χ2v) is 9.51. The molecular formula is C31H20ClN3O8. The van der Waals surface area contributed by atoms with Gasteiger partial charge in [0.05, 0.1) is 21.1 Å². The summed E-state index contributed by atoms with van der Waals surface area (Å²) in [5.74, 6) is -1.77. The number of carbonyl (C=O) groups excluding carboxylic acids is 3. The monoisotopic (exact) mass is 597 g/mol. The topological polar surface area (TPSA) is 158 Å². The highest BCUT2D eigenvalue weighted by molar-refractivity contribution is 6.32. The van der Waals surface area contributed by atoms with Crippen LogP contribution in [0, 0.1) is 10.1 Å². The lowest BCUT2D eigenvalue weighted by atomic mass is 10.1. The molecule has 5 rings (SSSR count). The van der Waals surface area contributed by atoms with Gasteiger partial charge < -0.3 is 19.8 Å². The maximum atomic E-state index is 13.0. The van der Waals surface area contributed by atoms with Gasteiger partial charge in [0.15, 0.2) is 12.4 Å². The van der Waals surface area contributed by atoms with E-state index >= 15 is 0 Å². The third kappa shape index (κ3) is 6.58. The van der Waals surface area contributed by atoms with E-state index in [1.165, 1.54) is 66.7 Å². The highest BCUT2D eigenvalue weighted by Gasteiger charge is 2.20. The van der Waals surface area contributed by atoms with Crippen LogP contribution in [0.1, 0.15) is 31.1 Å². The molecule has 12 heteroatoms. The van der Waals surface area contributed by atoms with Gasteiger partial charge in [-0.2, -0.15) is 0 Å². The predicted molar refractivity (Wildman–Crippen MR) is 158 cm³/mol. The number of carbonyl (C=O) groups is 3. The number of nitrogens with zero attached hydrogens (tertiary/aromatic N) is 1. The van der Waals surface area contributed by atoms with Crippen LogP contribution < -0.4 is 15.6 Å². The lowest BCUT2D eigenvalue weighted by molar-refractivity contribution is -0.385. The van der Waals surface area contributed by atoms with E-state index in [0.717, 1.165) is 0 Å². The molecule has 0 saturated heterocycles. The first kappa shape index (κ1) is 28.7. The number of amides is 1. The number of rotatable bonds is 9. The van der Waals surface area contributed by atoms with Gasteiger partial charge in [-0.3, -0.25) is 24.5 Å². The van der Waals surface area contributed by atoms with Crippen LogP contribution >= 0.6 is 11.6 Å². The number of nitro benzene ring substituents is 1. The Labute approximate surface area is 247 Å². The van der Waals surface area contributed by atoms with Crippen LogP contribution in [0.25, 0.3) is 10.9 Å². The molecule has 1 amide bonds. The second-order valence-electron chi connectivity index (χ2n) is 9.10. The summed E-state index contributed by atoms with van der Waals surface area (Å²) in [7, 11) is 0. The van der Waals surface area contributed by atoms with Gasteiger partial charge in [-0.25, -0.2) is 4.79 Å². The molecule has 5 aromatic rings. The quantitative estimate of drug-likeness (QED) is 0.0883. The number of fused-ring (bicyclic) bond motifs is 1. The number of pyridine rings is 1. The first-order valence-corrected chi connectivity index (χ1v) is 13.0. The summed E-state index contributed by atoms with van der Waals surface area (Å²) in [6.45, 7) is -0.565. The van der Waals surface area contributed by atoms with Gasteiger partial charge in [-0.05, 0) is 54.6 Å². The standard InChI is InChI=1S/C31H20ClN3O8/c32-24-8-4-10-26(35(40)41)29(24)43-21-13-11-18(12-14-21)27(36)17-42-31(39)19-5-3-6-20(15-19)33-30(38)23-16-28(37)34-25-9-2-1-7-22(23)25/h1-16H,17H2,(H,33,38)(H,34,37). The van der Waals surface area contributed by atoms with Crippen LogP contribution in [0.3, 0.4) is 0 Å². The maximum Gasteiger partial charge on any atom is 0.338 e. The van der Waals surface area contributed by atoms with Crippen LogP contribution in [0.15, 0.2) is 102 Å². The number of ether oxygens (including phenoxy) is 2. The fourth-order valence-electron chi connectivity index (χ4n) is 4.18. The highest BCUT2D eigenvalue weighted by Crippen LogP contribution is 2.37. The Balaban J connectivity index is 1.21. The molecule has 1 aromatic heterocycles. The third-order valence-corrected chi connectivity index (χ3v) is 6.52. The van der Waals surface area contributed by atoms with Crippen LogP contribution in [-0.4, -0.2) is 34.2 Å². The minimum Gasteiger partial charge on any atom is -0.454 e. The lowest BCUT2D eigenvalue weighted by Gasteiger charge is -2.10. The van der Waals surface area contributed by atoms with Crippen molar-refractivity contribution in [2.45, 2.75) is 0 Å². The summed E-state index contributed by atoms with van der Waals surface area (Å²) < 4.78 is 10.7. The summed E-state index contributed by atoms with van der Waals surface area (Å²) in [4.78, 5) is 63.6. The molecule has 0 bridgehead atoms. The lowest BCUT2D eigenvalue weighted by Crippen LogP contribution is -2.17. The number of nitrogens with one attached hydrogen (secondary N) is 2. The van der Waals surface area contributed by atoms with E-state index in [9.17, 15) is 29.3 Å². The number of para-hydroxylation sites is 2. The smallest absolute Gasteiger partial charge is 0.338 e. The number of aromatic nitrogens is 1. The van der Waals surface area contributed by atoms with Crippen molar-refractivity contribution in [1.82, 2.24) is 4.98 Å². The van der Waals surface area contributed by atoms with E-state index in [1.54, 1.807) is 30.3 Å². The van der Waals surface area contributed by atoms with E-state index in [2.05, 4.69) is 10.3 Å². The number of nitro groups is 1. The number of benzene rings is 4. The molecule has 0 spiro atoms. The Kier molecular flexibility index (Phi) is 8.26. The molecule has 0 saturated carbocycles. The zero-order valence-electron chi connectivity index (χ0n) is 22.0. The van der Waals surface area contributed by atoms with Crippen molar-refractivity contribution in [2.75, 3.05) is 11.9 Å². The summed E-state index contributed by atoms with van der Waals surface area (Å²) in [6.07, 6.45) is 0. The molecule has 214 valence electrons. The molecule has 0 atom stereocenters. The molecule has 0 aliphatic rings. The number of halogens is 1. The summed E-state index contributed by atoms with van der Waals surface area (Å²) >= 11 is 6.05. The Morgan fingerprint density at radius 2 is 1.63 bits per heavy atom. The number of ketones is 1. The van der Waals surface area contributed by atoms with Gasteiger partial charge >= 0.3 is 11.7 Å². The number of H-pyrrole nitrogens is 1. The Morgan fingerprint density at radius 1 is 0.884 bits per heavy atom. The average molecular weight is 598 g/mol. The fraction of sp³-hybridized carbons (Fsp3) is 0.0323. The number of hydrogen-bond acceptors (Lipinski definition) is 8. The minimum atomic E-state index is -0.794. The predicted octanol–water partition coefficient (Wildman–Crippen LogP) is 6.17. The Morgan fingerprint density at radius 3 is 2.40 bits per heavy atom. The van der Waals surface area contributed by atoms with Crippen molar-refractivity contribution in [3.05, 3.63) is 139 Å². The van der Waals surface area contributed by atoms with Crippen molar-refractivity contribution in [3.8, 4) is 11.5 Å². The number of anilines is 1. The SMILES string of the molecule is O=C(COC(=O)c1cccc(NC(=O)c2cc(=O)[nH]c3ccccc23)c1)c1ccc(Oc2c(Cl)cccc2[N+](=O)[O-])cc1. The molecule has 0 aliphatic heterocycles. The van der Waals surface area contributed by atoms with Crippen molar-refractivity contribution in [1.29, 1.82) is 0 Å². The van der Waals surface area contributed by atoms with Gasteiger partial charge in [0.1, 0.15) is 5.75 Å². The number of hydrogen-bond donors (Lipinski definition) is 2. The molecule has 2 N–H and O–H groups in total. The highest BCUT2D eigenvalue weighted by atomic mass is 35.5. The summed E-state index contributed by atoms with van der Waals surface area (Å²) in [6, 6.07) is 23.8. The van der Waals surface area contributed by atoms with Crippen LogP contribution in [-0.2, 0) is 4.74 Å². The van der Waals surface area contributed by atoms with E-state index < -0.39 is 34.7 Å². The largest absolute Gasteiger partial charge is 0.454 e. The van der Waals surface area contributed by atoms with E-state index in [0.29, 0.717) is 10.9 Å². The molecule has 1 heterocycles. The zero-order chi connectivity index (χ0) is 30.5. The van der Waals surface area contributed by atoms with Crippen LogP contribution in [0.4, 0.5) is 11.4 Å². The van der Waals surface area contributed by atoms with Gasteiger partial charge in [0.25, 0.3) is 5.91 Å². The van der Waals surface area contributed by atoms with Crippen LogP contribution in [0.2, 0.25) is 5.02 Å². The summed E-state index contributed by atoms with van der Waals surface area (Å²) in [5.41, 5.74) is 0.508. The number of Topliss-reactive ketones (excluding diaryl/α,β-unsaturated/α-hetero) is 1. The average Bonchev–Trinajstić information content (AvgIpc) is 3.00. The Bertz CT molecular complexity index is 1950. The molecule has 43 heavy (non-hydrogen) atoms. The van der Waals surface area contributed by atoms with E-state index in [4.69, 9.17) is 21.1 Å². The molecule has 11 nitrogen and oxygen atoms in total. The first-order valence-electron chi connectivity index (χ1n) is 12.6. The zero-order valence-corrected chi connectivity index (χ0v) is 22.8. The van der Waals surface area contributed by atoms with Gasteiger partial charge in [-0.15, -0.1) is 0 Å². The number of aromatic amines is 1. The first-order chi connectivity index (χ1) is 20.7. The molecule has 0 radical (unpaired) electrons. The Hall–Kier alpha value is -5.81. The molecule has 0 aliphatic carbocycles. The normalized spacial score (nSPS) is 10.6. The van der Waals surface area contributed by atoms with Crippen molar-refractivity contribution >= 4 is 51.5 Å². The van der Waals surface area contributed by atoms with E-state index in [-0.39, 0.29) is 44.6 Å². The van der Waals surface area contributed by atoms with Gasteiger partial charge in [0, 0.05) is 34.3 Å². The van der Waals surface area contributed by atoms with E-state index in [1.807, 2.05) is 0 Å². The molecule has 4 aromatic carbocycles. The van der Waals surface area contributed by atoms with Crippen LogP contribution in [0.5, 0.6) is 11.5 Å². The number of esters is 1. The molecule has 0 fully saturated rings. The van der Waals surface area contributed by atoms with Crippen molar-refractivity contribution in [2.24, 2.45) is 0 Å². The van der Waals surface area contributed by atoms with Gasteiger partial charge in [0.2, 0.25) is 11.3 Å². The third-order valence-electron chi connectivity index (χ3n) is 6.22. The molecule has 0 unspecified atom stereocenters. The summed E-state index contributed by atoms with van der Waals surface area (Å²) in [5, 5.41) is 14.5. The fourth-order valence-corrected chi connectivity index (χ4v) is 4.39. The maximum absolute atomic E-state index is 13.0. The minimum absolute atomic E-state index is 0.0497. The van der Waals surface area contributed by atoms with Crippen molar-refractivity contribution in [3.63, 3.8) is 0 Å². The molecular weight excluding hydrogens is 578 g/mol.